The Labute approximate surface area is 110 Å². The summed E-state index contributed by atoms with van der Waals surface area (Å²) in [7, 11) is 0. The average Bonchev–Trinajstić information content (AvgIpc) is 3.22. The molecule has 2 fully saturated rings. The van der Waals surface area contributed by atoms with Gasteiger partial charge in [0.1, 0.15) is 6.10 Å². The zero-order valence-corrected chi connectivity index (χ0v) is 11.3. The Morgan fingerprint density at radius 2 is 2.06 bits per heavy atom. The SMILES string of the molecule is C=COCCC(COCC1CO1)C1CCCCC1. The Bertz CT molecular complexity index is 232. The summed E-state index contributed by atoms with van der Waals surface area (Å²) in [5.41, 5.74) is 0. The van der Waals surface area contributed by atoms with Crippen molar-refractivity contribution in [1.82, 2.24) is 0 Å². The second kappa shape index (κ2) is 7.80. The minimum atomic E-state index is 0.376. The molecule has 104 valence electrons. The topological polar surface area (TPSA) is 31.0 Å². The predicted octanol–water partition coefficient (Wildman–Crippen LogP) is 3.15. The molecule has 2 unspecified atom stereocenters. The Hall–Kier alpha value is -0.540. The number of rotatable bonds is 9. The minimum absolute atomic E-state index is 0.376. The van der Waals surface area contributed by atoms with Crippen molar-refractivity contribution in [1.29, 1.82) is 0 Å². The van der Waals surface area contributed by atoms with E-state index in [-0.39, 0.29) is 0 Å². The second-order valence-electron chi connectivity index (χ2n) is 5.48. The molecule has 1 aliphatic heterocycles. The van der Waals surface area contributed by atoms with Gasteiger partial charge in [-0.1, -0.05) is 38.7 Å². The van der Waals surface area contributed by atoms with E-state index in [1.54, 1.807) is 0 Å². The molecule has 2 aliphatic rings. The fourth-order valence-corrected chi connectivity index (χ4v) is 2.88. The predicted molar refractivity (Wildman–Crippen MR) is 71.4 cm³/mol. The summed E-state index contributed by atoms with van der Waals surface area (Å²) in [5, 5.41) is 0. The molecule has 3 nitrogen and oxygen atoms in total. The monoisotopic (exact) mass is 254 g/mol. The summed E-state index contributed by atoms with van der Waals surface area (Å²) in [6, 6.07) is 0. The molecular formula is C15H26O3. The lowest BCUT2D eigenvalue weighted by Crippen LogP contribution is -2.24. The van der Waals surface area contributed by atoms with Crippen LogP contribution in [0.5, 0.6) is 0 Å². The lowest BCUT2D eigenvalue weighted by molar-refractivity contribution is 0.0451. The molecule has 1 aliphatic carbocycles. The van der Waals surface area contributed by atoms with Gasteiger partial charge in [-0.05, 0) is 18.3 Å². The molecule has 18 heavy (non-hydrogen) atoms. The Morgan fingerprint density at radius 1 is 1.28 bits per heavy atom. The highest BCUT2D eigenvalue weighted by atomic mass is 16.6. The number of hydrogen-bond donors (Lipinski definition) is 0. The summed E-state index contributed by atoms with van der Waals surface area (Å²) in [6.07, 6.45) is 9.90. The standard InChI is InChI=1S/C15H26O3/c1-2-16-9-8-14(10-17-11-15-12-18-15)13-6-4-3-5-7-13/h2,13-15H,1,3-12H2. The van der Waals surface area contributed by atoms with E-state index in [0.29, 0.717) is 12.0 Å². The molecule has 2 atom stereocenters. The molecular weight excluding hydrogens is 228 g/mol. The molecule has 0 radical (unpaired) electrons. The van der Waals surface area contributed by atoms with Crippen LogP contribution in [-0.2, 0) is 14.2 Å². The lowest BCUT2D eigenvalue weighted by Gasteiger charge is -2.30. The van der Waals surface area contributed by atoms with E-state index >= 15 is 0 Å². The minimum Gasteiger partial charge on any atom is -0.502 e. The van der Waals surface area contributed by atoms with E-state index in [9.17, 15) is 0 Å². The van der Waals surface area contributed by atoms with E-state index in [1.807, 2.05) is 0 Å². The van der Waals surface area contributed by atoms with Gasteiger partial charge in [0, 0.05) is 6.61 Å². The van der Waals surface area contributed by atoms with Crippen molar-refractivity contribution in [2.24, 2.45) is 11.8 Å². The first kappa shape index (κ1) is 13.9. The van der Waals surface area contributed by atoms with Crippen molar-refractivity contribution >= 4 is 0 Å². The Morgan fingerprint density at radius 3 is 2.72 bits per heavy atom. The van der Waals surface area contributed by atoms with Gasteiger partial charge in [-0.25, -0.2) is 0 Å². The van der Waals surface area contributed by atoms with Gasteiger partial charge in [0.05, 0.1) is 26.1 Å². The third-order valence-corrected chi connectivity index (χ3v) is 4.08. The number of epoxide rings is 1. The van der Waals surface area contributed by atoms with Gasteiger partial charge in [-0.15, -0.1) is 0 Å². The van der Waals surface area contributed by atoms with Crippen LogP contribution in [0, 0.1) is 11.8 Å². The maximum Gasteiger partial charge on any atom is 0.104 e. The van der Waals surface area contributed by atoms with Crippen LogP contribution in [0.2, 0.25) is 0 Å². The van der Waals surface area contributed by atoms with E-state index in [2.05, 4.69) is 6.58 Å². The van der Waals surface area contributed by atoms with Crippen LogP contribution in [0.3, 0.4) is 0 Å². The highest BCUT2D eigenvalue weighted by molar-refractivity contribution is 4.75. The van der Waals surface area contributed by atoms with Crippen molar-refractivity contribution in [3.8, 4) is 0 Å². The molecule has 0 aromatic rings. The number of hydrogen-bond acceptors (Lipinski definition) is 3. The van der Waals surface area contributed by atoms with Gasteiger partial charge >= 0.3 is 0 Å². The van der Waals surface area contributed by atoms with Crippen LogP contribution in [-0.4, -0.2) is 32.5 Å². The quantitative estimate of drug-likeness (QED) is 0.360. The van der Waals surface area contributed by atoms with E-state index in [1.165, 1.54) is 38.4 Å². The fraction of sp³-hybridized carbons (Fsp3) is 0.867. The molecule has 0 N–H and O–H groups in total. The molecule has 0 aromatic carbocycles. The van der Waals surface area contributed by atoms with Crippen LogP contribution in [0.25, 0.3) is 0 Å². The average molecular weight is 254 g/mol. The zero-order valence-electron chi connectivity index (χ0n) is 11.3. The maximum atomic E-state index is 5.80. The van der Waals surface area contributed by atoms with Gasteiger partial charge in [0.25, 0.3) is 0 Å². The number of ether oxygens (including phenoxy) is 3. The first-order valence-electron chi connectivity index (χ1n) is 7.32. The molecule has 0 amide bonds. The van der Waals surface area contributed by atoms with Gasteiger partial charge in [0.2, 0.25) is 0 Å². The molecule has 2 rings (SSSR count). The van der Waals surface area contributed by atoms with E-state index in [0.717, 1.165) is 38.8 Å². The maximum absolute atomic E-state index is 5.80. The normalized spacial score (nSPS) is 25.7. The molecule has 3 heteroatoms. The molecule has 0 aromatic heterocycles. The van der Waals surface area contributed by atoms with Crippen molar-refractivity contribution in [3.63, 3.8) is 0 Å². The van der Waals surface area contributed by atoms with Gasteiger partial charge < -0.3 is 14.2 Å². The summed E-state index contributed by atoms with van der Waals surface area (Å²) in [6.45, 7) is 6.88. The smallest absolute Gasteiger partial charge is 0.104 e. The summed E-state index contributed by atoms with van der Waals surface area (Å²) < 4.78 is 16.2. The molecule has 1 saturated carbocycles. The van der Waals surface area contributed by atoms with Gasteiger partial charge in [-0.3, -0.25) is 0 Å². The summed E-state index contributed by atoms with van der Waals surface area (Å²) in [5.74, 6) is 1.47. The summed E-state index contributed by atoms with van der Waals surface area (Å²) in [4.78, 5) is 0. The van der Waals surface area contributed by atoms with Crippen LogP contribution < -0.4 is 0 Å². The summed E-state index contributed by atoms with van der Waals surface area (Å²) >= 11 is 0. The zero-order chi connectivity index (χ0) is 12.6. The van der Waals surface area contributed by atoms with Gasteiger partial charge in [-0.2, -0.15) is 0 Å². The molecule has 1 saturated heterocycles. The molecule has 0 spiro atoms. The van der Waals surface area contributed by atoms with Crippen LogP contribution in [0.1, 0.15) is 38.5 Å². The highest BCUT2D eigenvalue weighted by Gasteiger charge is 2.26. The van der Waals surface area contributed by atoms with E-state index in [4.69, 9.17) is 14.2 Å². The Balaban J connectivity index is 1.69. The highest BCUT2D eigenvalue weighted by Crippen LogP contribution is 2.32. The van der Waals surface area contributed by atoms with Crippen molar-refractivity contribution < 1.29 is 14.2 Å². The van der Waals surface area contributed by atoms with E-state index < -0.39 is 0 Å². The van der Waals surface area contributed by atoms with Crippen molar-refractivity contribution in [2.75, 3.05) is 26.4 Å². The molecule has 1 heterocycles. The first-order valence-corrected chi connectivity index (χ1v) is 7.32. The van der Waals surface area contributed by atoms with Crippen LogP contribution in [0.15, 0.2) is 12.8 Å². The fourth-order valence-electron chi connectivity index (χ4n) is 2.88. The van der Waals surface area contributed by atoms with Crippen molar-refractivity contribution in [3.05, 3.63) is 12.8 Å². The van der Waals surface area contributed by atoms with Crippen molar-refractivity contribution in [2.45, 2.75) is 44.6 Å². The Kier molecular flexibility index (Phi) is 6.01. The third kappa shape index (κ3) is 4.99. The first-order chi connectivity index (χ1) is 8.90. The van der Waals surface area contributed by atoms with Crippen LogP contribution in [0.4, 0.5) is 0 Å². The second-order valence-corrected chi connectivity index (χ2v) is 5.48. The third-order valence-electron chi connectivity index (χ3n) is 4.08. The van der Waals surface area contributed by atoms with Crippen LogP contribution >= 0.6 is 0 Å². The van der Waals surface area contributed by atoms with Gasteiger partial charge in [0.15, 0.2) is 0 Å². The largest absolute Gasteiger partial charge is 0.502 e. The lowest BCUT2D eigenvalue weighted by atomic mass is 9.79. The molecule has 0 bridgehead atoms.